The number of para-hydroxylation sites is 2. The maximum Gasteiger partial charge on any atom is 0.265 e. The van der Waals surface area contributed by atoms with Crippen LogP contribution in [0.5, 0.6) is 11.5 Å². The molecule has 116 valence electrons. The second-order valence-corrected chi connectivity index (χ2v) is 5.10. The van der Waals surface area contributed by atoms with E-state index in [1.165, 1.54) is 0 Å². The van der Waals surface area contributed by atoms with E-state index in [0.29, 0.717) is 28.6 Å². The highest BCUT2D eigenvalue weighted by Crippen LogP contribution is 2.24. The SMILES string of the molecule is CC[C@H](Oc1cccc(Cl)c1)C(=O)Nc1ccccc1OC. The van der Waals surface area contributed by atoms with Gasteiger partial charge in [-0.1, -0.05) is 36.7 Å². The van der Waals surface area contributed by atoms with E-state index in [2.05, 4.69) is 5.32 Å². The van der Waals surface area contributed by atoms with Crippen molar-refractivity contribution in [3.63, 3.8) is 0 Å². The summed E-state index contributed by atoms with van der Waals surface area (Å²) in [6, 6.07) is 14.2. The molecule has 0 aliphatic rings. The molecule has 0 aliphatic carbocycles. The van der Waals surface area contributed by atoms with Gasteiger partial charge in [-0.25, -0.2) is 0 Å². The Kier molecular flexibility index (Phi) is 5.67. The summed E-state index contributed by atoms with van der Waals surface area (Å²) in [5.41, 5.74) is 0.614. The molecule has 2 aromatic carbocycles. The first-order valence-corrected chi connectivity index (χ1v) is 7.38. The monoisotopic (exact) mass is 319 g/mol. The van der Waals surface area contributed by atoms with Crippen LogP contribution in [0, 0.1) is 0 Å². The van der Waals surface area contributed by atoms with Crippen molar-refractivity contribution < 1.29 is 14.3 Å². The summed E-state index contributed by atoms with van der Waals surface area (Å²) in [4.78, 5) is 12.4. The number of halogens is 1. The van der Waals surface area contributed by atoms with Crippen LogP contribution in [0.1, 0.15) is 13.3 Å². The van der Waals surface area contributed by atoms with Crippen molar-refractivity contribution >= 4 is 23.2 Å². The summed E-state index contributed by atoms with van der Waals surface area (Å²) in [6.45, 7) is 1.89. The summed E-state index contributed by atoms with van der Waals surface area (Å²) in [5.74, 6) is 0.940. The lowest BCUT2D eigenvalue weighted by molar-refractivity contribution is -0.122. The van der Waals surface area contributed by atoms with Crippen molar-refractivity contribution in [2.75, 3.05) is 12.4 Å². The molecule has 0 aromatic heterocycles. The fourth-order valence-corrected chi connectivity index (χ4v) is 2.17. The molecule has 1 N–H and O–H groups in total. The van der Waals surface area contributed by atoms with E-state index in [1.807, 2.05) is 19.1 Å². The third-order valence-corrected chi connectivity index (χ3v) is 3.34. The van der Waals surface area contributed by atoms with Crippen LogP contribution in [0.2, 0.25) is 5.02 Å². The number of amides is 1. The molecular weight excluding hydrogens is 302 g/mol. The van der Waals surface area contributed by atoms with E-state index in [-0.39, 0.29) is 5.91 Å². The third kappa shape index (κ3) is 4.15. The zero-order valence-electron chi connectivity index (χ0n) is 12.5. The largest absolute Gasteiger partial charge is 0.495 e. The maximum atomic E-state index is 12.4. The van der Waals surface area contributed by atoms with Gasteiger partial charge in [0.2, 0.25) is 0 Å². The van der Waals surface area contributed by atoms with Gasteiger partial charge in [-0.15, -0.1) is 0 Å². The van der Waals surface area contributed by atoms with Crippen molar-refractivity contribution in [3.8, 4) is 11.5 Å². The first-order chi connectivity index (χ1) is 10.6. The number of benzene rings is 2. The zero-order chi connectivity index (χ0) is 15.9. The zero-order valence-corrected chi connectivity index (χ0v) is 13.3. The van der Waals surface area contributed by atoms with E-state index >= 15 is 0 Å². The first kappa shape index (κ1) is 16.2. The average Bonchev–Trinajstić information content (AvgIpc) is 2.53. The van der Waals surface area contributed by atoms with Crippen molar-refractivity contribution in [3.05, 3.63) is 53.6 Å². The molecule has 0 bridgehead atoms. The van der Waals surface area contributed by atoms with Crippen LogP contribution >= 0.6 is 11.6 Å². The summed E-state index contributed by atoms with van der Waals surface area (Å²) < 4.78 is 10.9. The Labute approximate surface area is 135 Å². The molecule has 0 fully saturated rings. The lowest BCUT2D eigenvalue weighted by Crippen LogP contribution is -2.32. The van der Waals surface area contributed by atoms with Crippen LogP contribution in [-0.2, 0) is 4.79 Å². The molecular formula is C17H18ClNO3. The van der Waals surface area contributed by atoms with Crippen LogP contribution in [0.3, 0.4) is 0 Å². The Morgan fingerprint density at radius 3 is 2.68 bits per heavy atom. The van der Waals surface area contributed by atoms with E-state index < -0.39 is 6.10 Å². The predicted molar refractivity (Wildman–Crippen MR) is 87.8 cm³/mol. The summed E-state index contributed by atoms with van der Waals surface area (Å²) in [7, 11) is 1.56. The Hall–Kier alpha value is -2.20. The molecule has 0 radical (unpaired) electrons. The number of ether oxygens (including phenoxy) is 2. The van der Waals surface area contributed by atoms with Gasteiger partial charge in [0.05, 0.1) is 12.8 Å². The lowest BCUT2D eigenvalue weighted by atomic mass is 10.2. The topological polar surface area (TPSA) is 47.6 Å². The third-order valence-electron chi connectivity index (χ3n) is 3.10. The van der Waals surface area contributed by atoms with Gasteiger partial charge in [-0.2, -0.15) is 0 Å². The van der Waals surface area contributed by atoms with Gasteiger partial charge in [-0.05, 0) is 36.8 Å². The van der Waals surface area contributed by atoms with Gasteiger partial charge in [0.1, 0.15) is 11.5 Å². The molecule has 0 aliphatic heterocycles. The number of anilines is 1. The number of methoxy groups -OCH3 is 1. The molecule has 0 saturated carbocycles. The van der Waals surface area contributed by atoms with E-state index in [1.54, 1.807) is 43.5 Å². The predicted octanol–water partition coefficient (Wildman–Crippen LogP) is 4.14. The molecule has 22 heavy (non-hydrogen) atoms. The molecule has 4 nitrogen and oxygen atoms in total. The number of carbonyl (C=O) groups excluding carboxylic acids is 1. The van der Waals surface area contributed by atoms with Crippen LogP contribution in [0.4, 0.5) is 5.69 Å². The standard InChI is InChI=1S/C17H18ClNO3/c1-3-15(22-13-8-6-7-12(18)11-13)17(20)19-14-9-4-5-10-16(14)21-2/h4-11,15H,3H2,1-2H3,(H,19,20)/t15-/m0/s1. The highest BCUT2D eigenvalue weighted by molar-refractivity contribution is 6.30. The van der Waals surface area contributed by atoms with Crippen LogP contribution < -0.4 is 14.8 Å². The summed E-state index contributed by atoms with van der Waals surface area (Å²) >= 11 is 5.92. The number of hydrogen-bond donors (Lipinski definition) is 1. The highest BCUT2D eigenvalue weighted by Gasteiger charge is 2.19. The minimum atomic E-state index is -0.608. The molecule has 0 saturated heterocycles. The number of rotatable bonds is 6. The second-order valence-electron chi connectivity index (χ2n) is 4.66. The van der Waals surface area contributed by atoms with Gasteiger partial charge in [-0.3, -0.25) is 4.79 Å². The van der Waals surface area contributed by atoms with Crippen molar-refractivity contribution in [2.24, 2.45) is 0 Å². The Morgan fingerprint density at radius 1 is 1.23 bits per heavy atom. The van der Waals surface area contributed by atoms with Gasteiger partial charge in [0.25, 0.3) is 5.91 Å². The number of nitrogens with one attached hydrogen (secondary N) is 1. The Balaban J connectivity index is 2.09. The fraction of sp³-hybridized carbons (Fsp3) is 0.235. The molecule has 0 spiro atoms. The molecule has 1 amide bonds. The van der Waals surface area contributed by atoms with Crippen molar-refractivity contribution in [1.29, 1.82) is 0 Å². The lowest BCUT2D eigenvalue weighted by Gasteiger charge is -2.18. The quantitative estimate of drug-likeness (QED) is 0.870. The van der Waals surface area contributed by atoms with E-state index in [0.717, 1.165) is 0 Å². The average molecular weight is 320 g/mol. The van der Waals surface area contributed by atoms with Gasteiger partial charge < -0.3 is 14.8 Å². The second kappa shape index (κ2) is 7.71. The first-order valence-electron chi connectivity index (χ1n) is 7.00. The normalized spacial score (nSPS) is 11.6. The summed E-state index contributed by atoms with van der Waals surface area (Å²) in [6.07, 6.45) is -0.0728. The van der Waals surface area contributed by atoms with Gasteiger partial charge in [0.15, 0.2) is 6.10 Å². The number of carbonyl (C=O) groups is 1. The van der Waals surface area contributed by atoms with Crippen LogP contribution in [0.15, 0.2) is 48.5 Å². The smallest absolute Gasteiger partial charge is 0.265 e. The Morgan fingerprint density at radius 2 is 2.00 bits per heavy atom. The molecule has 5 heteroatoms. The maximum absolute atomic E-state index is 12.4. The van der Waals surface area contributed by atoms with Crippen LogP contribution in [-0.4, -0.2) is 19.1 Å². The minimum absolute atomic E-state index is 0.230. The van der Waals surface area contributed by atoms with Crippen LogP contribution in [0.25, 0.3) is 0 Å². The minimum Gasteiger partial charge on any atom is -0.495 e. The number of hydrogen-bond acceptors (Lipinski definition) is 3. The summed E-state index contributed by atoms with van der Waals surface area (Å²) in [5, 5.41) is 3.39. The van der Waals surface area contributed by atoms with E-state index in [9.17, 15) is 4.79 Å². The molecule has 2 aromatic rings. The molecule has 0 unspecified atom stereocenters. The van der Waals surface area contributed by atoms with E-state index in [4.69, 9.17) is 21.1 Å². The molecule has 1 atom stereocenters. The molecule has 0 heterocycles. The Bertz CT molecular complexity index is 645. The molecule has 2 rings (SSSR count). The highest BCUT2D eigenvalue weighted by atomic mass is 35.5. The van der Waals surface area contributed by atoms with Crippen molar-refractivity contribution in [2.45, 2.75) is 19.4 Å². The van der Waals surface area contributed by atoms with Gasteiger partial charge >= 0.3 is 0 Å². The fourth-order valence-electron chi connectivity index (χ4n) is 1.99. The van der Waals surface area contributed by atoms with Gasteiger partial charge in [0, 0.05) is 5.02 Å². The van der Waals surface area contributed by atoms with Crippen molar-refractivity contribution in [1.82, 2.24) is 0 Å².